The van der Waals surface area contributed by atoms with Crippen LogP contribution in [0.3, 0.4) is 0 Å². The lowest BCUT2D eigenvalue weighted by Crippen LogP contribution is -2.26. The van der Waals surface area contributed by atoms with Gasteiger partial charge in [-0.2, -0.15) is 0 Å². The van der Waals surface area contributed by atoms with Crippen LogP contribution in [0.25, 0.3) is 22.4 Å². The number of esters is 1. The fraction of sp³-hybridized carbons (Fsp3) is 0.417. The molecule has 152 valence electrons. The summed E-state index contributed by atoms with van der Waals surface area (Å²) in [7, 11) is 4.04. The first-order valence-electron chi connectivity index (χ1n) is 10.4. The summed E-state index contributed by atoms with van der Waals surface area (Å²) < 4.78 is 7.81. The number of aromatic nitrogens is 2. The van der Waals surface area contributed by atoms with E-state index >= 15 is 0 Å². The lowest BCUT2D eigenvalue weighted by Gasteiger charge is -2.26. The molecule has 5 nitrogen and oxygen atoms in total. The van der Waals surface area contributed by atoms with E-state index in [9.17, 15) is 4.79 Å². The second-order valence-electron chi connectivity index (χ2n) is 8.34. The molecule has 3 aromatic rings. The molecule has 1 saturated carbocycles. The first-order chi connectivity index (χ1) is 14.0. The third kappa shape index (κ3) is 4.29. The molecule has 0 N–H and O–H groups in total. The molecule has 1 aromatic heterocycles. The van der Waals surface area contributed by atoms with Crippen molar-refractivity contribution in [2.45, 2.75) is 45.3 Å². The fourth-order valence-corrected chi connectivity index (χ4v) is 4.20. The molecule has 0 aliphatic heterocycles. The van der Waals surface area contributed by atoms with Gasteiger partial charge in [0.25, 0.3) is 0 Å². The van der Waals surface area contributed by atoms with Crippen LogP contribution in [0.1, 0.15) is 32.6 Å². The van der Waals surface area contributed by atoms with Crippen LogP contribution in [0.2, 0.25) is 0 Å². The molecule has 4 rings (SSSR count). The van der Waals surface area contributed by atoms with E-state index < -0.39 is 0 Å². The Hall–Kier alpha value is -2.82. The maximum absolute atomic E-state index is 12.8. The number of hydrogen-bond acceptors (Lipinski definition) is 4. The zero-order chi connectivity index (χ0) is 20.4. The third-order valence-corrected chi connectivity index (χ3v) is 5.77. The Morgan fingerprint density at radius 3 is 2.62 bits per heavy atom. The molecule has 0 radical (unpaired) electrons. The summed E-state index contributed by atoms with van der Waals surface area (Å²) in [5.74, 6) is 1.24. The fourth-order valence-electron chi connectivity index (χ4n) is 4.20. The first-order valence-corrected chi connectivity index (χ1v) is 10.4. The van der Waals surface area contributed by atoms with E-state index in [-0.39, 0.29) is 18.6 Å². The average molecular weight is 392 g/mol. The Morgan fingerprint density at radius 2 is 1.90 bits per heavy atom. The summed E-state index contributed by atoms with van der Waals surface area (Å²) in [6, 6.07) is 16.2. The van der Waals surface area contributed by atoms with Gasteiger partial charge in [-0.15, -0.1) is 0 Å². The summed E-state index contributed by atoms with van der Waals surface area (Å²) in [6.45, 7) is 2.41. The monoisotopic (exact) mass is 391 g/mol. The molecule has 0 bridgehead atoms. The highest BCUT2D eigenvalue weighted by molar-refractivity contribution is 5.83. The van der Waals surface area contributed by atoms with Crippen LogP contribution in [-0.2, 0) is 16.1 Å². The van der Waals surface area contributed by atoms with E-state index in [0.717, 1.165) is 47.4 Å². The highest BCUT2D eigenvalue weighted by Gasteiger charge is 2.23. The quantitative estimate of drug-likeness (QED) is 0.581. The zero-order valence-corrected chi connectivity index (χ0v) is 17.5. The van der Waals surface area contributed by atoms with E-state index in [1.54, 1.807) is 0 Å². The van der Waals surface area contributed by atoms with Crippen LogP contribution in [0, 0.1) is 5.92 Å². The topological polar surface area (TPSA) is 47.4 Å². The highest BCUT2D eigenvalue weighted by atomic mass is 16.5. The van der Waals surface area contributed by atoms with Gasteiger partial charge in [0.15, 0.2) is 0 Å². The smallest absolute Gasteiger partial charge is 0.326 e. The Kier molecular flexibility index (Phi) is 5.56. The van der Waals surface area contributed by atoms with Gasteiger partial charge in [-0.1, -0.05) is 25.5 Å². The number of anilines is 1. The number of hydrogen-bond donors (Lipinski definition) is 0. The Bertz CT molecular complexity index is 991. The number of carbonyl (C=O) groups excluding carboxylic acids is 1. The number of carbonyl (C=O) groups is 1. The van der Waals surface area contributed by atoms with Gasteiger partial charge in [0.05, 0.1) is 11.0 Å². The molecular formula is C24H29N3O2. The van der Waals surface area contributed by atoms with Gasteiger partial charge in [-0.25, -0.2) is 4.98 Å². The Morgan fingerprint density at radius 1 is 1.14 bits per heavy atom. The van der Waals surface area contributed by atoms with E-state index in [0.29, 0.717) is 5.92 Å². The van der Waals surface area contributed by atoms with Gasteiger partial charge >= 0.3 is 5.97 Å². The zero-order valence-electron chi connectivity index (χ0n) is 17.5. The predicted octanol–water partition coefficient (Wildman–Crippen LogP) is 4.89. The summed E-state index contributed by atoms with van der Waals surface area (Å²) in [4.78, 5) is 19.7. The maximum Gasteiger partial charge on any atom is 0.326 e. The molecule has 5 heteroatoms. The molecule has 0 saturated heterocycles. The number of para-hydroxylation sites is 2. The van der Waals surface area contributed by atoms with Crippen LogP contribution in [0.5, 0.6) is 0 Å². The van der Waals surface area contributed by atoms with Gasteiger partial charge in [0.1, 0.15) is 18.5 Å². The van der Waals surface area contributed by atoms with Crippen molar-refractivity contribution in [1.29, 1.82) is 0 Å². The van der Waals surface area contributed by atoms with Crippen molar-refractivity contribution in [2.24, 2.45) is 5.92 Å². The SMILES string of the molecule is CC1CCC[C@H](OC(=O)Cn2c(-c3ccc(N(C)C)cc3)nc3ccccc32)C1. The van der Waals surface area contributed by atoms with Gasteiger partial charge < -0.3 is 14.2 Å². The largest absolute Gasteiger partial charge is 0.461 e. The minimum atomic E-state index is -0.182. The van der Waals surface area contributed by atoms with Crippen molar-refractivity contribution in [3.63, 3.8) is 0 Å². The number of ether oxygens (including phenoxy) is 1. The molecule has 2 aromatic carbocycles. The minimum Gasteiger partial charge on any atom is -0.461 e. The minimum absolute atomic E-state index is 0.0452. The van der Waals surface area contributed by atoms with Crippen molar-refractivity contribution >= 4 is 22.7 Å². The van der Waals surface area contributed by atoms with Crippen molar-refractivity contribution < 1.29 is 9.53 Å². The molecule has 2 atom stereocenters. The molecule has 29 heavy (non-hydrogen) atoms. The van der Waals surface area contributed by atoms with Crippen LogP contribution >= 0.6 is 0 Å². The second-order valence-corrected chi connectivity index (χ2v) is 8.34. The Labute approximate surface area is 172 Å². The lowest BCUT2D eigenvalue weighted by molar-refractivity contribution is -0.151. The van der Waals surface area contributed by atoms with Crippen molar-refractivity contribution in [3.8, 4) is 11.4 Å². The van der Waals surface area contributed by atoms with E-state index in [4.69, 9.17) is 9.72 Å². The van der Waals surface area contributed by atoms with Gasteiger partial charge in [0, 0.05) is 25.3 Å². The van der Waals surface area contributed by atoms with E-state index in [1.165, 1.54) is 6.42 Å². The number of benzene rings is 2. The summed E-state index contributed by atoms with van der Waals surface area (Å²) in [6.07, 6.45) is 4.35. The van der Waals surface area contributed by atoms with E-state index in [1.807, 2.05) is 42.9 Å². The standard InChI is InChI=1S/C24H29N3O2/c1-17-7-6-8-20(15-17)29-23(28)16-27-22-10-5-4-9-21(22)25-24(27)18-11-13-19(14-12-18)26(2)3/h4-5,9-14,17,20H,6-8,15-16H2,1-3H3/t17?,20-/m0/s1. The molecule has 0 spiro atoms. The maximum atomic E-state index is 12.8. The van der Waals surface area contributed by atoms with Crippen LogP contribution in [0.15, 0.2) is 48.5 Å². The van der Waals surface area contributed by atoms with Crippen molar-refractivity contribution in [3.05, 3.63) is 48.5 Å². The number of rotatable bonds is 5. The molecular weight excluding hydrogens is 362 g/mol. The second kappa shape index (κ2) is 8.27. The summed E-state index contributed by atoms with van der Waals surface area (Å²) in [5.41, 5.74) is 3.96. The molecule has 1 unspecified atom stereocenters. The van der Waals surface area contributed by atoms with Crippen molar-refractivity contribution in [2.75, 3.05) is 19.0 Å². The van der Waals surface area contributed by atoms with Crippen LogP contribution in [-0.4, -0.2) is 35.7 Å². The normalized spacial score (nSPS) is 19.3. The lowest BCUT2D eigenvalue weighted by atomic mass is 9.89. The molecule has 1 aliphatic rings. The van der Waals surface area contributed by atoms with Crippen molar-refractivity contribution in [1.82, 2.24) is 9.55 Å². The third-order valence-electron chi connectivity index (χ3n) is 5.77. The highest BCUT2D eigenvalue weighted by Crippen LogP contribution is 2.28. The van der Waals surface area contributed by atoms with E-state index in [2.05, 4.69) is 36.1 Å². The number of nitrogens with zero attached hydrogens (tertiary/aromatic N) is 3. The van der Waals surface area contributed by atoms with Gasteiger partial charge in [-0.05, 0) is 61.6 Å². The van der Waals surface area contributed by atoms with Gasteiger partial charge in [0.2, 0.25) is 0 Å². The summed E-state index contributed by atoms with van der Waals surface area (Å²) in [5, 5.41) is 0. The number of fused-ring (bicyclic) bond motifs is 1. The number of imidazole rings is 1. The summed E-state index contributed by atoms with van der Waals surface area (Å²) >= 11 is 0. The van der Waals surface area contributed by atoms with Gasteiger partial charge in [-0.3, -0.25) is 4.79 Å². The average Bonchev–Trinajstić information content (AvgIpc) is 3.06. The molecule has 1 fully saturated rings. The first kappa shape index (κ1) is 19.5. The molecule has 1 heterocycles. The molecule has 0 amide bonds. The predicted molar refractivity (Wildman–Crippen MR) is 117 cm³/mol. The Balaban J connectivity index is 1.62. The van der Waals surface area contributed by atoms with Crippen LogP contribution < -0.4 is 4.90 Å². The van der Waals surface area contributed by atoms with Crippen LogP contribution in [0.4, 0.5) is 5.69 Å². The molecule has 1 aliphatic carbocycles.